The molecule has 1 N–H and O–H groups in total. The van der Waals surface area contributed by atoms with E-state index in [1.54, 1.807) is 19.5 Å². The van der Waals surface area contributed by atoms with Gasteiger partial charge in [-0.15, -0.1) is 0 Å². The average molecular weight is 345 g/mol. The van der Waals surface area contributed by atoms with Crippen molar-refractivity contribution in [1.29, 1.82) is 0 Å². The molecule has 1 atom stereocenters. The van der Waals surface area contributed by atoms with Gasteiger partial charge in [-0.25, -0.2) is 0 Å². The Labute approximate surface area is 151 Å². The summed E-state index contributed by atoms with van der Waals surface area (Å²) in [5.41, 5.74) is 3.49. The molecule has 0 aliphatic rings. The lowest BCUT2D eigenvalue weighted by molar-refractivity contribution is 0.180. The molecule has 2 aromatic carbocycles. The number of benzene rings is 2. The molecule has 130 valence electrons. The van der Waals surface area contributed by atoms with E-state index in [1.807, 2.05) is 60.7 Å². The summed E-state index contributed by atoms with van der Waals surface area (Å²) in [6.45, 7) is 0. The first kappa shape index (κ1) is 16.4. The molecule has 26 heavy (non-hydrogen) atoms. The molecule has 2 heterocycles. The zero-order valence-corrected chi connectivity index (χ0v) is 14.4. The topological polar surface area (TPSA) is 55.5 Å². The van der Waals surface area contributed by atoms with Crippen molar-refractivity contribution in [3.8, 4) is 17.1 Å². The van der Waals surface area contributed by atoms with E-state index in [9.17, 15) is 5.11 Å². The number of hydrogen-bond acceptors (Lipinski definition) is 4. The molecule has 0 amide bonds. The Bertz CT molecular complexity index is 1010. The fourth-order valence-electron chi connectivity index (χ4n) is 3.17. The van der Waals surface area contributed by atoms with Crippen LogP contribution in [0.3, 0.4) is 0 Å². The third-order valence-corrected chi connectivity index (χ3v) is 4.50. The normalized spacial score (nSPS) is 12.2. The summed E-state index contributed by atoms with van der Waals surface area (Å²) >= 11 is 0. The van der Waals surface area contributed by atoms with E-state index < -0.39 is 6.10 Å². The van der Waals surface area contributed by atoms with Gasteiger partial charge in [0, 0.05) is 29.8 Å². The first-order valence-corrected chi connectivity index (χ1v) is 8.49. The number of aliphatic hydroxyl groups is 1. The van der Waals surface area contributed by atoms with E-state index >= 15 is 0 Å². The van der Waals surface area contributed by atoms with Gasteiger partial charge in [0.25, 0.3) is 0 Å². The summed E-state index contributed by atoms with van der Waals surface area (Å²) in [7, 11) is 1.62. The number of pyridine rings is 1. The second-order valence-corrected chi connectivity index (χ2v) is 6.15. The van der Waals surface area contributed by atoms with Crippen LogP contribution in [0.15, 0.2) is 77.5 Å². The van der Waals surface area contributed by atoms with Gasteiger partial charge in [-0.05, 0) is 35.4 Å². The van der Waals surface area contributed by atoms with E-state index in [0.29, 0.717) is 17.8 Å². The van der Waals surface area contributed by atoms with Crippen molar-refractivity contribution in [2.24, 2.45) is 0 Å². The van der Waals surface area contributed by atoms with Gasteiger partial charge in [0.15, 0.2) is 11.3 Å². The molecule has 4 heteroatoms. The lowest BCUT2D eigenvalue weighted by Crippen LogP contribution is -2.02. The maximum Gasteiger partial charge on any atom is 0.177 e. The molecule has 0 fully saturated rings. The monoisotopic (exact) mass is 345 g/mol. The highest BCUT2D eigenvalue weighted by Gasteiger charge is 2.19. The number of aliphatic hydroxyl groups excluding tert-OH is 1. The summed E-state index contributed by atoms with van der Waals surface area (Å²) in [5.74, 6) is 1.41. The molecule has 0 saturated heterocycles. The largest absolute Gasteiger partial charge is 0.493 e. The fourth-order valence-corrected chi connectivity index (χ4v) is 3.17. The van der Waals surface area contributed by atoms with E-state index in [0.717, 1.165) is 27.8 Å². The molecule has 0 aliphatic heterocycles. The van der Waals surface area contributed by atoms with Crippen LogP contribution >= 0.6 is 0 Å². The predicted octanol–water partition coefficient (Wildman–Crippen LogP) is 4.78. The van der Waals surface area contributed by atoms with Gasteiger partial charge in [0.05, 0.1) is 13.2 Å². The number of hydrogen-bond donors (Lipinski definition) is 1. The lowest BCUT2D eigenvalue weighted by atomic mass is 9.98. The van der Waals surface area contributed by atoms with Crippen LogP contribution < -0.4 is 4.74 Å². The Morgan fingerprint density at radius 1 is 1.04 bits per heavy atom. The third-order valence-electron chi connectivity index (χ3n) is 4.50. The van der Waals surface area contributed by atoms with Crippen LogP contribution in [0.2, 0.25) is 0 Å². The smallest absolute Gasteiger partial charge is 0.177 e. The van der Waals surface area contributed by atoms with Gasteiger partial charge in [0.1, 0.15) is 5.76 Å². The van der Waals surface area contributed by atoms with Gasteiger partial charge in [-0.3, -0.25) is 4.98 Å². The number of ether oxygens (including phenoxy) is 1. The first-order valence-electron chi connectivity index (χ1n) is 8.49. The SMILES string of the molecule is COc1ccc(C(O)Cc2ccncc2)c2cc(-c3ccccc3)oc12. The minimum absolute atomic E-state index is 0.510. The van der Waals surface area contributed by atoms with Crippen molar-refractivity contribution < 1.29 is 14.3 Å². The maximum absolute atomic E-state index is 10.8. The molecule has 2 aromatic heterocycles. The maximum atomic E-state index is 10.8. The second-order valence-electron chi connectivity index (χ2n) is 6.15. The second kappa shape index (κ2) is 7.02. The minimum Gasteiger partial charge on any atom is -0.493 e. The number of fused-ring (bicyclic) bond motifs is 1. The number of nitrogens with zero attached hydrogens (tertiary/aromatic N) is 1. The molecule has 4 nitrogen and oxygen atoms in total. The van der Waals surface area contributed by atoms with E-state index in [2.05, 4.69) is 4.98 Å². The molecule has 0 spiro atoms. The Kier molecular flexibility index (Phi) is 4.42. The molecule has 4 aromatic rings. The van der Waals surface area contributed by atoms with Crippen LogP contribution in [0, 0.1) is 0 Å². The van der Waals surface area contributed by atoms with Crippen molar-refractivity contribution in [1.82, 2.24) is 4.98 Å². The highest BCUT2D eigenvalue weighted by molar-refractivity contribution is 5.90. The van der Waals surface area contributed by atoms with E-state index in [1.165, 1.54) is 0 Å². The number of furan rings is 1. The summed E-state index contributed by atoms with van der Waals surface area (Å²) < 4.78 is 11.5. The third kappa shape index (κ3) is 3.07. The molecule has 1 unspecified atom stereocenters. The zero-order chi connectivity index (χ0) is 17.9. The van der Waals surface area contributed by atoms with Gasteiger partial charge in [-0.2, -0.15) is 0 Å². The van der Waals surface area contributed by atoms with Crippen LogP contribution in [0.5, 0.6) is 5.75 Å². The van der Waals surface area contributed by atoms with Crippen molar-refractivity contribution in [2.45, 2.75) is 12.5 Å². The highest BCUT2D eigenvalue weighted by atomic mass is 16.5. The van der Waals surface area contributed by atoms with Gasteiger partial charge >= 0.3 is 0 Å². The van der Waals surface area contributed by atoms with Gasteiger partial charge < -0.3 is 14.3 Å². The molecule has 0 saturated carbocycles. The molecular formula is C22H19NO3. The lowest BCUT2D eigenvalue weighted by Gasteiger charge is -2.13. The fraction of sp³-hybridized carbons (Fsp3) is 0.136. The molecule has 0 bridgehead atoms. The molecule has 0 radical (unpaired) electrons. The summed E-state index contributed by atoms with van der Waals surface area (Å²) in [6, 6.07) is 19.4. The Morgan fingerprint density at radius 2 is 1.81 bits per heavy atom. The van der Waals surface area contributed by atoms with Crippen molar-refractivity contribution in [3.63, 3.8) is 0 Å². The quantitative estimate of drug-likeness (QED) is 0.565. The highest BCUT2D eigenvalue weighted by Crippen LogP contribution is 2.38. The predicted molar refractivity (Wildman–Crippen MR) is 101 cm³/mol. The number of rotatable bonds is 5. The van der Waals surface area contributed by atoms with Crippen LogP contribution in [-0.2, 0) is 6.42 Å². The minimum atomic E-state index is -0.646. The van der Waals surface area contributed by atoms with Crippen LogP contribution in [0.25, 0.3) is 22.3 Å². The summed E-state index contributed by atoms with van der Waals surface area (Å²) in [4.78, 5) is 4.02. The van der Waals surface area contributed by atoms with Crippen LogP contribution in [0.4, 0.5) is 0 Å². The van der Waals surface area contributed by atoms with Crippen molar-refractivity contribution in [2.75, 3.05) is 7.11 Å². The molecular weight excluding hydrogens is 326 g/mol. The van der Waals surface area contributed by atoms with Gasteiger partial charge in [0.2, 0.25) is 0 Å². The van der Waals surface area contributed by atoms with Crippen molar-refractivity contribution >= 4 is 11.0 Å². The number of aromatic nitrogens is 1. The van der Waals surface area contributed by atoms with Gasteiger partial charge in [-0.1, -0.05) is 36.4 Å². The van der Waals surface area contributed by atoms with Crippen LogP contribution in [0.1, 0.15) is 17.2 Å². The Hall–Kier alpha value is -3.11. The Balaban J connectivity index is 1.78. The van der Waals surface area contributed by atoms with Crippen molar-refractivity contribution in [3.05, 3.63) is 84.2 Å². The summed E-state index contributed by atoms with van der Waals surface area (Å²) in [6.07, 6.45) is 3.33. The van der Waals surface area contributed by atoms with E-state index in [-0.39, 0.29) is 0 Å². The zero-order valence-electron chi connectivity index (χ0n) is 14.4. The number of methoxy groups -OCH3 is 1. The Morgan fingerprint density at radius 3 is 2.54 bits per heavy atom. The summed E-state index contributed by atoms with van der Waals surface area (Å²) in [5, 5.41) is 11.7. The first-order chi connectivity index (χ1) is 12.8. The van der Waals surface area contributed by atoms with Crippen LogP contribution in [-0.4, -0.2) is 17.2 Å². The molecule has 0 aliphatic carbocycles. The standard InChI is InChI=1S/C22H19NO3/c1-25-20-8-7-17(19(24)13-15-9-11-23-12-10-15)18-14-21(26-22(18)20)16-5-3-2-4-6-16/h2-12,14,19,24H,13H2,1H3. The molecule has 4 rings (SSSR count). The average Bonchev–Trinajstić information content (AvgIpc) is 3.14. The van der Waals surface area contributed by atoms with E-state index in [4.69, 9.17) is 9.15 Å².